The average molecular weight is 398 g/mol. The van der Waals surface area contributed by atoms with Crippen LogP contribution in [0.25, 0.3) is 5.57 Å². The summed E-state index contributed by atoms with van der Waals surface area (Å²) in [4.78, 5) is 15.4. The van der Waals surface area contributed by atoms with E-state index in [4.69, 9.17) is 27.9 Å². The minimum atomic E-state index is -0.446. The number of rotatable bonds is 5. The van der Waals surface area contributed by atoms with Crippen LogP contribution in [0.1, 0.15) is 32.3 Å². The molecule has 0 bridgehead atoms. The first-order valence-electron chi connectivity index (χ1n) is 9.21. The first kappa shape index (κ1) is 19.7. The number of ketones is 1. The third kappa shape index (κ3) is 3.79. The summed E-state index contributed by atoms with van der Waals surface area (Å²) in [6.45, 7) is 6.75. The van der Waals surface area contributed by atoms with Crippen LogP contribution < -0.4 is 0 Å². The molecule has 0 aromatic heterocycles. The zero-order valence-electron chi connectivity index (χ0n) is 15.1. The quantitative estimate of drug-likeness (QED) is 0.814. The number of ether oxygens (including phenoxy) is 1. The number of allylic oxidation sites excluding steroid dienone is 1. The van der Waals surface area contributed by atoms with E-state index in [9.17, 15) is 9.90 Å². The molecule has 1 aliphatic heterocycles. The lowest BCUT2D eigenvalue weighted by Gasteiger charge is -2.43. The lowest BCUT2D eigenvalue weighted by molar-refractivity contribution is -0.133. The molecule has 1 aliphatic carbocycles. The number of aliphatic hydroxyl groups excluding tert-OH is 1. The molecule has 1 heterocycles. The molecule has 1 saturated carbocycles. The van der Waals surface area contributed by atoms with Crippen LogP contribution in [0.4, 0.5) is 0 Å². The Morgan fingerprint density at radius 1 is 1.23 bits per heavy atom. The first-order chi connectivity index (χ1) is 12.5. The predicted octanol–water partition coefficient (Wildman–Crippen LogP) is 4.03. The van der Waals surface area contributed by atoms with E-state index in [2.05, 4.69) is 18.7 Å². The highest BCUT2D eigenvalue weighted by atomic mass is 35.5. The zero-order valence-corrected chi connectivity index (χ0v) is 16.6. The van der Waals surface area contributed by atoms with Gasteiger partial charge in [-0.1, -0.05) is 43.1 Å². The van der Waals surface area contributed by atoms with Crippen molar-refractivity contribution in [3.63, 3.8) is 0 Å². The van der Waals surface area contributed by atoms with E-state index in [1.165, 1.54) is 6.26 Å². The van der Waals surface area contributed by atoms with Crippen molar-refractivity contribution in [3.05, 3.63) is 40.1 Å². The van der Waals surface area contributed by atoms with Crippen molar-refractivity contribution >= 4 is 34.6 Å². The third-order valence-electron chi connectivity index (χ3n) is 5.62. The smallest absolute Gasteiger partial charge is 0.173 e. The van der Waals surface area contributed by atoms with Gasteiger partial charge in [0.05, 0.1) is 28.9 Å². The minimum Gasteiger partial charge on any atom is -0.496 e. The monoisotopic (exact) mass is 397 g/mol. The predicted molar refractivity (Wildman–Crippen MR) is 104 cm³/mol. The summed E-state index contributed by atoms with van der Waals surface area (Å²) >= 11 is 12.2. The van der Waals surface area contributed by atoms with Gasteiger partial charge in [0.2, 0.25) is 0 Å². The van der Waals surface area contributed by atoms with Crippen LogP contribution in [-0.4, -0.2) is 47.6 Å². The molecule has 4 nitrogen and oxygen atoms in total. The van der Waals surface area contributed by atoms with Crippen LogP contribution in [-0.2, 0) is 9.53 Å². The SMILES string of the molecule is CCN(CC)CC1C(O)CCC2C(=O)C(c3ccc(Cl)cc3Cl)=COC21. The Balaban J connectivity index is 1.87. The second-order valence-electron chi connectivity index (χ2n) is 7.02. The summed E-state index contributed by atoms with van der Waals surface area (Å²) in [5.74, 6) is -0.274. The van der Waals surface area contributed by atoms with E-state index < -0.39 is 6.10 Å². The lowest BCUT2D eigenvalue weighted by Crippen LogP contribution is -2.52. The first-order valence-corrected chi connectivity index (χ1v) is 9.97. The number of halogens is 2. The van der Waals surface area contributed by atoms with E-state index in [1.54, 1.807) is 18.2 Å². The largest absolute Gasteiger partial charge is 0.496 e. The Bertz CT molecular complexity index is 702. The van der Waals surface area contributed by atoms with Gasteiger partial charge in [0.1, 0.15) is 6.10 Å². The molecule has 1 aromatic rings. The number of fused-ring (bicyclic) bond motifs is 1. The van der Waals surface area contributed by atoms with Crippen LogP contribution in [0.3, 0.4) is 0 Å². The summed E-state index contributed by atoms with van der Waals surface area (Å²) in [6.07, 6.45) is 2.03. The fraction of sp³-hybridized carbons (Fsp3) is 0.550. The van der Waals surface area contributed by atoms with Crippen molar-refractivity contribution in [1.29, 1.82) is 0 Å². The third-order valence-corrected chi connectivity index (χ3v) is 6.16. The van der Waals surface area contributed by atoms with Gasteiger partial charge >= 0.3 is 0 Å². The molecule has 3 rings (SSSR count). The Hall–Kier alpha value is -1.07. The number of nitrogens with zero attached hydrogens (tertiary/aromatic N) is 1. The van der Waals surface area contributed by atoms with Gasteiger partial charge in [-0.2, -0.15) is 0 Å². The van der Waals surface area contributed by atoms with E-state index in [0.717, 1.165) is 19.6 Å². The van der Waals surface area contributed by atoms with Crippen LogP contribution in [0.15, 0.2) is 24.5 Å². The maximum atomic E-state index is 13.1. The molecule has 6 heteroatoms. The van der Waals surface area contributed by atoms with Crippen LogP contribution in [0.2, 0.25) is 10.0 Å². The van der Waals surface area contributed by atoms with Crippen molar-refractivity contribution in [2.24, 2.45) is 11.8 Å². The van der Waals surface area contributed by atoms with E-state index in [-0.39, 0.29) is 23.7 Å². The molecule has 0 spiro atoms. The molecule has 0 radical (unpaired) electrons. The second kappa shape index (κ2) is 8.30. The zero-order chi connectivity index (χ0) is 18.8. The summed E-state index contributed by atoms with van der Waals surface area (Å²) in [5.41, 5.74) is 1.14. The van der Waals surface area contributed by atoms with Gasteiger partial charge < -0.3 is 14.7 Å². The summed E-state index contributed by atoms with van der Waals surface area (Å²) < 4.78 is 6.02. The summed E-state index contributed by atoms with van der Waals surface area (Å²) in [5, 5.41) is 11.5. The Labute approximate surface area is 164 Å². The van der Waals surface area contributed by atoms with Gasteiger partial charge in [0.15, 0.2) is 5.78 Å². The molecule has 4 unspecified atom stereocenters. The molecule has 142 valence electrons. The van der Waals surface area contributed by atoms with Crippen molar-refractivity contribution in [1.82, 2.24) is 4.90 Å². The molecular formula is C20H25Cl2NO3. The topological polar surface area (TPSA) is 49.8 Å². The maximum absolute atomic E-state index is 13.1. The molecule has 1 fully saturated rings. The van der Waals surface area contributed by atoms with Crippen LogP contribution in [0.5, 0.6) is 0 Å². The highest BCUT2D eigenvalue weighted by Crippen LogP contribution is 2.41. The molecular weight excluding hydrogens is 373 g/mol. The number of carbonyl (C=O) groups excluding carboxylic acids is 1. The van der Waals surface area contributed by atoms with E-state index in [1.807, 2.05) is 0 Å². The normalized spacial score (nSPS) is 28.5. The van der Waals surface area contributed by atoms with E-state index in [0.29, 0.717) is 34.0 Å². The average Bonchev–Trinajstić information content (AvgIpc) is 2.62. The lowest BCUT2D eigenvalue weighted by atomic mass is 9.72. The van der Waals surface area contributed by atoms with Crippen molar-refractivity contribution in [2.45, 2.75) is 38.9 Å². The number of carbonyl (C=O) groups is 1. The number of benzene rings is 1. The maximum Gasteiger partial charge on any atom is 0.173 e. The molecule has 4 atom stereocenters. The molecule has 0 saturated heterocycles. The van der Waals surface area contributed by atoms with Gasteiger partial charge in [-0.05, 0) is 38.1 Å². The number of aliphatic hydroxyl groups is 1. The molecule has 1 aromatic carbocycles. The van der Waals surface area contributed by atoms with Gasteiger partial charge in [-0.15, -0.1) is 0 Å². The van der Waals surface area contributed by atoms with Crippen molar-refractivity contribution in [3.8, 4) is 0 Å². The highest BCUT2D eigenvalue weighted by molar-refractivity contribution is 6.37. The molecule has 1 N–H and O–H groups in total. The van der Waals surface area contributed by atoms with Crippen molar-refractivity contribution in [2.75, 3.05) is 19.6 Å². The minimum absolute atomic E-state index is 0.0434. The van der Waals surface area contributed by atoms with Crippen molar-refractivity contribution < 1.29 is 14.6 Å². The second-order valence-corrected chi connectivity index (χ2v) is 7.87. The fourth-order valence-electron chi connectivity index (χ4n) is 4.04. The Morgan fingerprint density at radius 3 is 2.62 bits per heavy atom. The Kier molecular flexibility index (Phi) is 6.29. The van der Waals surface area contributed by atoms with Gasteiger partial charge in [-0.3, -0.25) is 4.79 Å². The van der Waals surface area contributed by atoms with Crippen LogP contribution >= 0.6 is 23.2 Å². The van der Waals surface area contributed by atoms with Gasteiger partial charge in [0, 0.05) is 23.0 Å². The number of hydrogen-bond donors (Lipinski definition) is 1. The summed E-state index contributed by atoms with van der Waals surface area (Å²) in [6, 6.07) is 5.10. The Morgan fingerprint density at radius 2 is 1.96 bits per heavy atom. The molecule has 26 heavy (non-hydrogen) atoms. The molecule has 2 aliphatic rings. The molecule has 0 amide bonds. The highest BCUT2D eigenvalue weighted by Gasteiger charge is 2.46. The van der Waals surface area contributed by atoms with Gasteiger partial charge in [0.25, 0.3) is 0 Å². The van der Waals surface area contributed by atoms with Crippen LogP contribution in [0, 0.1) is 11.8 Å². The standard InChI is InChI=1S/C20H25Cl2NO3/c1-3-23(4-2)10-15-18(24)8-7-14-19(25)16(11-26-20(14)15)13-6-5-12(21)9-17(13)22/h5-6,9,11,14-15,18,20,24H,3-4,7-8,10H2,1-2H3. The number of Topliss-reactive ketones (excluding diaryl/α,β-unsaturated/α-hetero) is 1. The number of hydrogen-bond acceptors (Lipinski definition) is 4. The van der Waals surface area contributed by atoms with Gasteiger partial charge in [-0.25, -0.2) is 0 Å². The summed E-state index contributed by atoms with van der Waals surface area (Å²) in [7, 11) is 0. The fourth-order valence-corrected chi connectivity index (χ4v) is 4.55. The van der Waals surface area contributed by atoms with E-state index >= 15 is 0 Å².